The van der Waals surface area contributed by atoms with E-state index in [1.807, 2.05) is 0 Å². The average molecular weight is 263 g/mol. The average Bonchev–Trinajstić information content (AvgIpc) is 2.74. The monoisotopic (exact) mass is 263 g/mol. The lowest BCUT2D eigenvalue weighted by Crippen LogP contribution is -2.41. The molecule has 2 aliphatic carbocycles. The van der Waals surface area contributed by atoms with Gasteiger partial charge in [0, 0.05) is 24.2 Å². The van der Waals surface area contributed by atoms with Crippen molar-refractivity contribution in [2.24, 2.45) is 17.3 Å². The molecule has 0 aromatic carbocycles. The molecule has 3 heteroatoms. The highest BCUT2D eigenvalue weighted by atomic mass is 16.3. The van der Waals surface area contributed by atoms with E-state index in [0.717, 1.165) is 30.7 Å². The molecule has 2 saturated carbocycles. The summed E-state index contributed by atoms with van der Waals surface area (Å²) in [5, 5.41) is 9.55. The first-order chi connectivity index (χ1) is 8.98. The van der Waals surface area contributed by atoms with E-state index in [-0.39, 0.29) is 12.6 Å². The third kappa shape index (κ3) is 1.85. The van der Waals surface area contributed by atoms with Crippen molar-refractivity contribution in [2.75, 3.05) is 13.2 Å². The third-order valence-corrected chi connectivity index (χ3v) is 5.73. The molecule has 0 aromatic rings. The minimum absolute atomic E-state index is 0.205. The molecule has 1 N–H and O–H groups in total. The lowest BCUT2D eigenvalue weighted by molar-refractivity contribution is -0.115. The van der Waals surface area contributed by atoms with Gasteiger partial charge in [-0.1, -0.05) is 13.8 Å². The Kier molecular flexibility index (Phi) is 3.01. The highest BCUT2D eigenvalue weighted by molar-refractivity contribution is 6.01. The molecule has 3 rings (SSSR count). The van der Waals surface area contributed by atoms with Gasteiger partial charge in [-0.25, -0.2) is 0 Å². The predicted molar refractivity (Wildman–Crippen MR) is 74.5 cm³/mol. The Morgan fingerprint density at radius 2 is 2.16 bits per heavy atom. The molecule has 3 fully saturated rings. The molecule has 3 nitrogen and oxygen atoms in total. The maximum absolute atomic E-state index is 12.2. The number of aliphatic hydroxyl groups is 1. The van der Waals surface area contributed by atoms with Crippen LogP contribution in [0, 0.1) is 17.3 Å². The quantitative estimate of drug-likeness (QED) is 0.778. The van der Waals surface area contributed by atoms with Crippen LogP contribution in [0.5, 0.6) is 0 Å². The standard InChI is InChI=1S/C16H25NO2/c1-10(17-7-5-4-6-11(17)9-18)14-13(19)8-12-15(14)16(12,2)3/h11-12,15,18H,4-9H2,1-3H3/b14-10-/t11?,12-,15-/m1/s1. The normalized spacial score (nSPS) is 39.3. The van der Waals surface area contributed by atoms with Crippen LogP contribution in [0.4, 0.5) is 0 Å². The lowest BCUT2D eigenvalue weighted by atomic mass is 9.93. The van der Waals surface area contributed by atoms with Gasteiger partial charge < -0.3 is 10.0 Å². The molecule has 0 radical (unpaired) electrons. The fraction of sp³-hybridized carbons (Fsp3) is 0.812. The molecule has 0 amide bonds. The maximum atomic E-state index is 12.2. The van der Waals surface area contributed by atoms with Gasteiger partial charge in [-0.2, -0.15) is 0 Å². The van der Waals surface area contributed by atoms with Crippen LogP contribution in [0.15, 0.2) is 11.3 Å². The number of likely N-dealkylation sites (tertiary alicyclic amines) is 1. The molecule has 1 unspecified atom stereocenters. The van der Waals surface area contributed by atoms with Crippen molar-refractivity contribution in [3.05, 3.63) is 11.3 Å². The summed E-state index contributed by atoms with van der Waals surface area (Å²) in [6.07, 6.45) is 4.15. The number of carbonyl (C=O) groups is 1. The second kappa shape index (κ2) is 4.34. The maximum Gasteiger partial charge on any atom is 0.161 e. The fourth-order valence-corrected chi connectivity index (χ4v) is 4.39. The van der Waals surface area contributed by atoms with Crippen LogP contribution < -0.4 is 0 Å². The number of hydrogen-bond donors (Lipinski definition) is 1. The van der Waals surface area contributed by atoms with Gasteiger partial charge >= 0.3 is 0 Å². The molecule has 0 aromatic heterocycles. The van der Waals surface area contributed by atoms with Gasteiger partial charge in [0.15, 0.2) is 5.78 Å². The van der Waals surface area contributed by atoms with E-state index in [1.54, 1.807) is 0 Å². The summed E-state index contributed by atoms with van der Waals surface area (Å²) in [6, 6.07) is 0.218. The summed E-state index contributed by atoms with van der Waals surface area (Å²) in [5.41, 5.74) is 2.55. The summed E-state index contributed by atoms with van der Waals surface area (Å²) in [4.78, 5) is 14.5. The summed E-state index contributed by atoms with van der Waals surface area (Å²) >= 11 is 0. The topological polar surface area (TPSA) is 40.5 Å². The summed E-state index contributed by atoms with van der Waals surface area (Å²) in [6.45, 7) is 7.85. The van der Waals surface area contributed by atoms with Gasteiger partial charge in [-0.15, -0.1) is 0 Å². The number of aliphatic hydroxyl groups excluding tert-OH is 1. The zero-order chi connectivity index (χ0) is 13.8. The van der Waals surface area contributed by atoms with E-state index >= 15 is 0 Å². The van der Waals surface area contributed by atoms with E-state index in [9.17, 15) is 9.90 Å². The van der Waals surface area contributed by atoms with Crippen molar-refractivity contribution in [3.8, 4) is 0 Å². The molecular weight excluding hydrogens is 238 g/mol. The van der Waals surface area contributed by atoms with Crippen LogP contribution in [-0.2, 0) is 4.79 Å². The molecule has 3 atom stereocenters. The number of rotatable bonds is 2. The minimum atomic E-state index is 0.205. The van der Waals surface area contributed by atoms with Crippen LogP contribution in [0.3, 0.4) is 0 Å². The van der Waals surface area contributed by atoms with Crippen molar-refractivity contribution < 1.29 is 9.90 Å². The molecule has 19 heavy (non-hydrogen) atoms. The zero-order valence-electron chi connectivity index (χ0n) is 12.3. The first-order valence-electron chi connectivity index (χ1n) is 7.60. The molecule has 106 valence electrons. The lowest BCUT2D eigenvalue weighted by Gasteiger charge is -2.38. The van der Waals surface area contributed by atoms with Crippen molar-refractivity contribution in [1.82, 2.24) is 4.90 Å². The van der Waals surface area contributed by atoms with Crippen molar-refractivity contribution >= 4 is 5.78 Å². The van der Waals surface area contributed by atoms with Crippen LogP contribution in [0.25, 0.3) is 0 Å². The van der Waals surface area contributed by atoms with Crippen molar-refractivity contribution in [2.45, 2.75) is 52.5 Å². The molecular formula is C16H25NO2. The molecule has 0 bridgehead atoms. The van der Waals surface area contributed by atoms with Gasteiger partial charge in [-0.3, -0.25) is 4.79 Å². The largest absolute Gasteiger partial charge is 0.394 e. The van der Waals surface area contributed by atoms with Gasteiger partial charge in [-0.05, 0) is 43.4 Å². The molecule has 1 heterocycles. The molecule has 1 aliphatic heterocycles. The van der Waals surface area contributed by atoms with Crippen molar-refractivity contribution in [1.29, 1.82) is 0 Å². The first kappa shape index (κ1) is 13.2. The Morgan fingerprint density at radius 1 is 1.42 bits per heavy atom. The third-order valence-electron chi connectivity index (χ3n) is 5.73. The van der Waals surface area contributed by atoms with E-state index in [2.05, 4.69) is 25.7 Å². The number of allylic oxidation sites excluding steroid dienone is 2. The summed E-state index contributed by atoms with van der Waals surface area (Å²) < 4.78 is 0. The summed E-state index contributed by atoms with van der Waals surface area (Å²) in [5.74, 6) is 1.40. The number of carbonyl (C=O) groups excluding carboxylic acids is 1. The van der Waals surface area contributed by atoms with Crippen molar-refractivity contribution in [3.63, 3.8) is 0 Å². The Labute approximate surface area is 115 Å². The Balaban J connectivity index is 1.90. The fourth-order valence-electron chi connectivity index (χ4n) is 4.39. The smallest absolute Gasteiger partial charge is 0.161 e. The Morgan fingerprint density at radius 3 is 2.79 bits per heavy atom. The van der Waals surface area contributed by atoms with Crippen LogP contribution in [-0.4, -0.2) is 35.0 Å². The van der Waals surface area contributed by atoms with Gasteiger partial charge in [0.2, 0.25) is 0 Å². The van der Waals surface area contributed by atoms with E-state index in [0.29, 0.717) is 23.0 Å². The van der Waals surface area contributed by atoms with Gasteiger partial charge in [0.05, 0.1) is 12.6 Å². The number of ketones is 1. The van der Waals surface area contributed by atoms with E-state index in [4.69, 9.17) is 0 Å². The second-order valence-corrected chi connectivity index (χ2v) is 7.06. The number of hydrogen-bond acceptors (Lipinski definition) is 3. The van der Waals surface area contributed by atoms with Crippen LogP contribution in [0.1, 0.15) is 46.5 Å². The molecule has 1 saturated heterocycles. The number of fused-ring (bicyclic) bond motifs is 1. The number of piperidine rings is 1. The van der Waals surface area contributed by atoms with Crippen LogP contribution in [0.2, 0.25) is 0 Å². The molecule has 0 spiro atoms. The highest BCUT2D eigenvalue weighted by Gasteiger charge is 2.65. The Hall–Kier alpha value is -0.830. The van der Waals surface area contributed by atoms with Gasteiger partial charge in [0.1, 0.15) is 0 Å². The van der Waals surface area contributed by atoms with E-state index in [1.165, 1.54) is 12.8 Å². The summed E-state index contributed by atoms with van der Waals surface area (Å²) in [7, 11) is 0. The first-order valence-corrected chi connectivity index (χ1v) is 7.60. The highest BCUT2D eigenvalue weighted by Crippen LogP contribution is 2.68. The number of nitrogens with zero attached hydrogens (tertiary/aromatic N) is 1. The SMILES string of the molecule is C/C(=C1\C(=O)C[C@@H]2[C@H]1C2(C)C)N1CCCCC1CO. The van der Waals surface area contributed by atoms with Gasteiger partial charge in [0.25, 0.3) is 0 Å². The molecule has 3 aliphatic rings. The Bertz CT molecular complexity index is 438. The number of Topliss-reactive ketones (excluding diaryl/α,β-unsaturated/α-hetero) is 1. The predicted octanol–water partition coefficient (Wildman–Crippen LogP) is 2.35. The zero-order valence-corrected chi connectivity index (χ0v) is 12.3. The minimum Gasteiger partial charge on any atom is -0.394 e. The van der Waals surface area contributed by atoms with Crippen LogP contribution >= 0.6 is 0 Å². The second-order valence-electron chi connectivity index (χ2n) is 7.06. The van der Waals surface area contributed by atoms with E-state index < -0.39 is 0 Å².